The third-order valence-corrected chi connectivity index (χ3v) is 7.64. The van der Waals surface area contributed by atoms with Crippen LogP contribution in [0, 0.1) is 3.57 Å². The third kappa shape index (κ3) is 5.13. The number of thiazole rings is 1. The van der Waals surface area contributed by atoms with Crippen molar-refractivity contribution in [2.24, 2.45) is 4.99 Å². The molecule has 0 radical (unpaired) electrons. The Kier molecular flexibility index (Phi) is 7.70. The summed E-state index contributed by atoms with van der Waals surface area (Å²) in [5, 5.41) is 10.8. The number of fused-ring (bicyclic) bond motifs is 1. The summed E-state index contributed by atoms with van der Waals surface area (Å²) in [6.07, 6.45) is -3.63. The minimum Gasteiger partial charge on any atom is -0.506 e. The molecule has 188 valence electrons. The van der Waals surface area contributed by atoms with Gasteiger partial charge in [0.25, 0.3) is 5.56 Å². The fraction of sp³-hybridized carbons (Fsp3) is 0.174. The maximum atomic E-state index is 14.1. The number of alkyl halides is 3. The summed E-state index contributed by atoms with van der Waals surface area (Å²) < 4.78 is 49.5. The number of halogens is 6. The van der Waals surface area contributed by atoms with E-state index < -0.39 is 35.0 Å². The largest absolute Gasteiger partial charge is 0.506 e. The Balaban J connectivity index is 2.07. The lowest BCUT2D eigenvalue weighted by Crippen LogP contribution is -2.41. The number of nitrogens with zero attached hydrogens (tertiary/aromatic N) is 2. The van der Waals surface area contributed by atoms with E-state index in [9.17, 15) is 27.9 Å². The monoisotopic (exact) mass is 712 g/mol. The molecule has 0 amide bonds. The standard InChI is InChI=1S/C23H14BrClF3IN2O4S/c1-2-35-21(34)16-17(10-3-5-13(25)6-4-10)31-20(33)15(36-22(31)30-19(16)23(26,27)28)8-11-7-12(24)9-14(29)18(11)32/h3-9,17,32H,2H2,1H3/b15-8-/t17-/m1/s1. The molecule has 1 aromatic heterocycles. The van der Waals surface area contributed by atoms with E-state index in [1.54, 1.807) is 12.1 Å². The van der Waals surface area contributed by atoms with E-state index in [4.69, 9.17) is 16.3 Å². The van der Waals surface area contributed by atoms with Crippen LogP contribution in [0.25, 0.3) is 6.08 Å². The van der Waals surface area contributed by atoms with Crippen LogP contribution in [0.4, 0.5) is 13.2 Å². The number of hydrogen-bond donors (Lipinski definition) is 1. The van der Waals surface area contributed by atoms with Crippen molar-refractivity contribution in [3.63, 3.8) is 0 Å². The Labute approximate surface area is 232 Å². The van der Waals surface area contributed by atoms with Gasteiger partial charge in [-0.2, -0.15) is 13.2 Å². The van der Waals surface area contributed by atoms with Crippen LogP contribution in [-0.4, -0.2) is 28.4 Å². The smallest absolute Gasteiger partial charge is 0.434 e. The van der Waals surface area contributed by atoms with Gasteiger partial charge in [0.2, 0.25) is 0 Å². The molecule has 0 bridgehead atoms. The second kappa shape index (κ2) is 10.3. The Morgan fingerprint density at radius 2 is 2.00 bits per heavy atom. The number of phenols is 1. The summed E-state index contributed by atoms with van der Waals surface area (Å²) in [5.41, 5.74) is -2.43. The van der Waals surface area contributed by atoms with Gasteiger partial charge in [-0.05, 0) is 65.4 Å². The van der Waals surface area contributed by atoms with E-state index in [0.29, 0.717) is 24.4 Å². The lowest BCUT2D eigenvalue weighted by atomic mass is 9.95. The van der Waals surface area contributed by atoms with Crippen molar-refractivity contribution >= 4 is 73.5 Å². The zero-order valence-corrected chi connectivity index (χ0v) is 23.4. The van der Waals surface area contributed by atoms with E-state index in [2.05, 4.69) is 20.9 Å². The minimum absolute atomic E-state index is 0.0172. The molecule has 1 N–H and O–H groups in total. The number of esters is 1. The first-order valence-corrected chi connectivity index (χ1v) is 13.2. The number of benzene rings is 2. The predicted octanol–water partition coefficient (Wildman–Crippen LogP) is 5.07. The van der Waals surface area contributed by atoms with Crippen molar-refractivity contribution in [1.29, 1.82) is 0 Å². The number of phenolic OH excluding ortho intramolecular Hbond substituents is 1. The topological polar surface area (TPSA) is 80.9 Å². The SMILES string of the molecule is CCOC(=O)C1=C(C(F)(F)F)N=c2s/c(=C\c3cc(Br)cc(I)c3O)c(=O)n2[C@@H]1c1ccc(Cl)cc1. The molecule has 0 saturated heterocycles. The number of aromatic hydroxyl groups is 1. The van der Waals surface area contributed by atoms with Crippen LogP contribution in [0.2, 0.25) is 5.02 Å². The molecule has 4 rings (SSSR count). The first-order chi connectivity index (χ1) is 16.9. The highest BCUT2D eigenvalue weighted by atomic mass is 127. The van der Waals surface area contributed by atoms with Gasteiger partial charge in [0.05, 0.1) is 26.3 Å². The molecule has 6 nitrogen and oxygen atoms in total. The van der Waals surface area contributed by atoms with Crippen LogP contribution in [0.3, 0.4) is 0 Å². The van der Waals surface area contributed by atoms with Crippen molar-refractivity contribution in [2.75, 3.05) is 6.61 Å². The number of carbonyl (C=O) groups excluding carboxylic acids is 1. The Morgan fingerprint density at radius 1 is 1.33 bits per heavy atom. The quantitative estimate of drug-likeness (QED) is 0.303. The molecular weight excluding hydrogens is 700 g/mol. The second-order valence-corrected chi connectivity index (χ2v) is 11.0. The first-order valence-electron chi connectivity index (χ1n) is 10.2. The Bertz CT molecular complexity index is 1580. The average Bonchev–Trinajstić information content (AvgIpc) is 3.11. The summed E-state index contributed by atoms with van der Waals surface area (Å²) >= 11 is 11.9. The fourth-order valence-corrected chi connectivity index (χ4v) is 6.31. The number of rotatable bonds is 4. The van der Waals surface area contributed by atoms with Gasteiger partial charge in [0.1, 0.15) is 5.75 Å². The predicted molar refractivity (Wildman–Crippen MR) is 141 cm³/mol. The maximum absolute atomic E-state index is 14.1. The molecule has 1 atom stereocenters. The highest BCUT2D eigenvalue weighted by Gasteiger charge is 2.45. The molecule has 0 unspecified atom stereocenters. The van der Waals surface area contributed by atoms with Crippen LogP contribution < -0.4 is 14.9 Å². The zero-order valence-electron chi connectivity index (χ0n) is 18.1. The van der Waals surface area contributed by atoms with Gasteiger partial charge in [0, 0.05) is 15.1 Å². The summed E-state index contributed by atoms with van der Waals surface area (Å²) in [6.45, 7) is 1.29. The van der Waals surface area contributed by atoms with Crippen molar-refractivity contribution in [1.82, 2.24) is 4.57 Å². The summed E-state index contributed by atoms with van der Waals surface area (Å²) in [6, 6.07) is 7.53. The van der Waals surface area contributed by atoms with Crippen molar-refractivity contribution in [3.8, 4) is 5.75 Å². The van der Waals surface area contributed by atoms with E-state index in [-0.39, 0.29) is 32.8 Å². The highest BCUT2D eigenvalue weighted by molar-refractivity contribution is 14.1. The number of allylic oxidation sites excluding steroid dienone is 1. The molecule has 0 spiro atoms. The number of carbonyl (C=O) groups is 1. The highest BCUT2D eigenvalue weighted by Crippen LogP contribution is 2.38. The van der Waals surface area contributed by atoms with Gasteiger partial charge in [0.15, 0.2) is 10.5 Å². The van der Waals surface area contributed by atoms with Crippen LogP contribution in [0.15, 0.2) is 61.9 Å². The van der Waals surface area contributed by atoms with Crippen LogP contribution >= 0.6 is 61.5 Å². The molecule has 13 heteroatoms. The van der Waals surface area contributed by atoms with Crippen molar-refractivity contribution in [2.45, 2.75) is 19.1 Å². The molecule has 36 heavy (non-hydrogen) atoms. The lowest BCUT2D eigenvalue weighted by molar-refractivity contribution is -0.140. The van der Waals surface area contributed by atoms with E-state index >= 15 is 0 Å². The van der Waals surface area contributed by atoms with Crippen molar-refractivity contribution in [3.05, 3.63) is 91.5 Å². The summed E-state index contributed by atoms with van der Waals surface area (Å²) in [7, 11) is 0. The Hall–Kier alpha value is -2.16. The normalized spacial score (nSPS) is 16.1. The van der Waals surface area contributed by atoms with E-state index in [0.717, 1.165) is 4.57 Å². The van der Waals surface area contributed by atoms with Crippen LogP contribution in [0.1, 0.15) is 24.1 Å². The Morgan fingerprint density at radius 3 is 2.61 bits per heavy atom. The van der Waals surface area contributed by atoms with Gasteiger partial charge in [-0.25, -0.2) is 9.79 Å². The molecule has 1 aliphatic heterocycles. The molecular formula is C23H14BrClF3IN2O4S. The molecule has 0 fully saturated rings. The zero-order chi connectivity index (χ0) is 26.4. The third-order valence-electron chi connectivity index (χ3n) is 5.12. The molecule has 3 aromatic rings. The van der Waals surface area contributed by atoms with E-state index in [1.807, 2.05) is 22.6 Å². The number of hydrogen-bond acceptors (Lipinski definition) is 6. The fourth-order valence-electron chi connectivity index (χ4n) is 3.64. The number of aromatic nitrogens is 1. The van der Waals surface area contributed by atoms with Gasteiger partial charge < -0.3 is 9.84 Å². The van der Waals surface area contributed by atoms with Gasteiger partial charge in [-0.3, -0.25) is 9.36 Å². The summed E-state index contributed by atoms with van der Waals surface area (Å²) in [4.78, 5) is 29.8. The maximum Gasteiger partial charge on any atom is 0.434 e. The van der Waals surface area contributed by atoms with Crippen LogP contribution in [0.5, 0.6) is 5.75 Å². The lowest BCUT2D eigenvalue weighted by Gasteiger charge is -2.26. The molecule has 1 aliphatic rings. The second-order valence-electron chi connectivity index (χ2n) is 7.44. The van der Waals surface area contributed by atoms with Gasteiger partial charge in [-0.1, -0.05) is 51.0 Å². The van der Waals surface area contributed by atoms with Gasteiger partial charge in [-0.15, -0.1) is 0 Å². The van der Waals surface area contributed by atoms with E-state index in [1.165, 1.54) is 37.3 Å². The van der Waals surface area contributed by atoms with Crippen molar-refractivity contribution < 1.29 is 27.8 Å². The molecule has 0 saturated carbocycles. The molecule has 0 aliphatic carbocycles. The van der Waals surface area contributed by atoms with Gasteiger partial charge >= 0.3 is 12.1 Å². The van der Waals surface area contributed by atoms with Crippen LogP contribution in [-0.2, 0) is 9.53 Å². The first kappa shape index (κ1) is 26.9. The summed E-state index contributed by atoms with van der Waals surface area (Å²) in [5.74, 6) is -1.33. The average molecular weight is 714 g/mol. The molecule has 2 aromatic carbocycles. The number of ether oxygens (including phenoxy) is 1. The minimum atomic E-state index is -5.00. The molecule has 2 heterocycles.